The van der Waals surface area contributed by atoms with Crippen LogP contribution in [0.1, 0.15) is 41.6 Å². The van der Waals surface area contributed by atoms with E-state index >= 15 is 0 Å². The quantitative estimate of drug-likeness (QED) is 0.785. The lowest BCUT2D eigenvalue weighted by Crippen LogP contribution is -2.30. The van der Waals surface area contributed by atoms with Gasteiger partial charge < -0.3 is 16.0 Å². The van der Waals surface area contributed by atoms with Crippen molar-refractivity contribution in [1.29, 1.82) is 0 Å². The third-order valence-corrected chi connectivity index (χ3v) is 4.20. The Bertz CT molecular complexity index is 550. The lowest BCUT2D eigenvalue weighted by Gasteiger charge is -2.17. The molecule has 21 heavy (non-hydrogen) atoms. The second-order valence-corrected chi connectivity index (χ2v) is 5.76. The van der Waals surface area contributed by atoms with E-state index in [1.807, 2.05) is 12.1 Å². The molecule has 2 amide bonds. The molecule has 0 bridgehead atoms. The Morgan fingerprint density at radius 3 is 3.05 bits per heavy atom. The van der Waals surface area contributed by atoms with Crippen LogP contribution >= 0.6 is 0 Å². The van der Waals surface area contributed by atoms with Crippen LogP contribution in [0.15, 0.2) is 18.2 Å². The topological polar surface area (TPSA) is 70.2 Å². The van der Waals surface area contributed by atoms with Gasteiger partial charge in [-0.05, 0) is 56.0 Å². The summed E-state index contributed by atoms with van der Waals surface area (Å²) in [5.74, 6) is 0.0106. The highest BCUT2D eigenvalue weighted by Crippen LogP contribution is 2.23. The third kappa shape index (κ3) is 3.42. The summed E-state index contributed by atoms with van der Waals surface area (Å²) in [6.45, 7) is 1.79. The standard InChI is InChI=1S/C16H21N3O2/c20-15-6-4-11-10-12(3-5-14(11)19-15)16(21)18-9-7-13-2-1-8-17-13/h3,5,10,13,17H,1-2,4,6-9H2,(H,18,21)(H,19,20)/t13-/m1/s1. The molecule has 1 saturated heterocycles. The second-order valence-electron chi connectivity index (χ2n) is 5.76. The highest BCUT2D eigenvalue weighted by atomic mass is 16.2. The molecule has 0 radical (unpaired) electrons. The van der Waals surface area contributed by atoms with Crippen molar-refractivity contribution in [2.75, 3.05) is 18.4 Å². The molecule has 1 aromatic carbocycles. The van der Waals surface area contributed by atoms with Crippen molar-refractivity contribution in [2.45, 2.75) is 38.1 Å². The van der Waals surface area contributed by atoms with Crippen LogP contribution in [0, 0.1) is 0 Å². The van der Waals surface area contributed by atoms with Crippen molar-refractivity contribution in [3.8, 4) is 0 Å². The van der Waals surface area contributed by atoms with Crippen LogP contribution in [0.25, 0.3) is 0 Å². The van der Waals surface area contributed by atoms with Gasteiger partial charge in [0.1, 0.15) is 0 Å². The van der Waals surface area contributed by atoms with Crippen molar-refractivity contribution in [3.63, 3.8) is 0 Å². The van der Waals surface area contributed by atoms with Gasteiger partial charge >= 0.3 is 0 Å². The van der Waals surface area contributed by atoms with Crippen molar-refractivity contribution < 1.29 is 9.59 Å². The Morgan fingerprint density at radius 1 is 1.33 bits per heavy atom. The van der Waals surface area contributed by atoms with Gasteiger partial charge in [-0.2, -0.15) is 0 Å². The van der Waals surface area contributed by atoms with E-state index in [0.29, 0.717) is 31.0 Å². The van der Waals surface area contributed by atoms with Crippen LogP contribution in [-0.4, -0.2) is 30.9 Å². The molecule has 0 spiro atoms. The molecule has 0 aromatic heterocycles. The summed E-state index contributed by atoms with van der Waals surface area (Å²) in [6.07, 6.45) is 4.61. The van der Waals surface area contributed by atoms with Crippen molar-refractivity contribution in [2.24, 2.45) is 0 Å². The molecule has 2 aliphatic heterocycles. The molecule has 1 atom stereocenters. The van der Waals surface area contributed by atoms with Gasteiger partial charge in [-0.15, -0.1) is 0 Å². The van der Waals surface area contributed by atoms with Crippen LogP contribution in [0.4, 0.5) is 5.69 Å². The van der Waals surface area contributed by atoms with Gasteiger partial charge in [0, 0.05) is 30.3 Å². The Kier molecular flexibility index (Phi) is 4.20. The Balaban J connectivity index is 1.56. The zero-order chi connectivity index (χ0) is 14.7. The average Bonchev–Trinajstić information content (AvgIpc) is 3.00. The largest absolute Gasteiger partial charge is 0.352 e. The molecule has 1 aromatic rings. The minimum absolute atomic E-state index is 0.0345. The minimum Gasteiger partial charge on any atom is -0.352 e. The van der Waals surface area contributed by atoms with Crippen LogP contribution in [-0.2, 0) is 11.2 Å². The monoisotopic (exact) mass is 287 g/mol. The Morgan fingerprint density at radius 2 is 2.24 bits per heavy atom. The highest BCUT2D eigenvalue weighted by Gasteiger charge is 2.17. The molecule has 5 heteroatoms. The molecule has 2 aliphatic rings. The first-order chi connectivity index (χ1) is 10.2. The summed E-state index contributed by atoms with van der Waals surface area (Å²) in [6, 6.07) is 6.02. The molecule has 1 fully saturated rings. The van der Waals surface area contributed by atoms with Gasteiger partial charge in [0.2, 0.25) is 5.91 Å². The minimum atomic E-state index is -0.0345. The van der Waals surface area contributed by atoms with E-state index in [4.69, 9.17) is 0 Å². The van der Waals surface area contributed by atoms with Crippen molar-refractivity contribution in [1.82, 2.24) is 10.6 Å². The number of carbonyl (C=O) groups excluding carboxylic acids is 2. The molecule has 3 rings (SSSR count). The molecule has 3 N–H and O–H groups in total. The predicted octanol–water partition coefficient (Wildman–Crippen LogP) is 1.44. The summed E-state index contributed by atoms with van der Waals surface area (Å²) in [4.78, 5) is 23.5. The highest BCUT2D eigenvalue weighted by molar-refractivity contribution is 5.97. The molecule has 2 heterocycles. The maximum Gasteiger partial charge on any atom is 0.251 e. The number of fused-ring (bicyclic) bond motifs is 1. The fourth-order valence-corrected chi connectivity index (χ4v) is 2.99. The number of aryl methyl sites for hydroxylation is 1. The van der Waals surface area contributed by atoms with Crippen LogP contribution < -0.4 is 16.0 Å². The van der Waals surface area contributed by atoms with E-state index in [1.54, 1.807) is 6.07 Å². The Hall–Kier alpha value is -1.88. The number of carbonyl (C=O) groups is 2. The van der Waals surface area contributed by atoms with Gasteiger partial charge in [0.25, 0.3) is 5.91 Å². The summed E-state index contributed by atoms with van der Waals surface area (Å²) in [7, 11) is 0. The zero-order valence-corrected chi connectivity index (χ0v) is 12.1. The van der Waals surface area contributed by atoms with E-state index in [1.165, 1.54) is 12.8 Å². The zero-order valence-electron chi connectivity index (χ0n) is 12.1. The maximum absolute atomic E-state index is 12.1. The fourth-order valence-electron chi connectivity index (χ4n) is 2.99. The second kappa shape index (κ2) is 6.26. The molecule has 0 saturated carbocycles. The number of anilines is 1. The van der Waals surface area contributed by atoms with Crippen LogP contribution in [0.3, 0.4) is 0 Å². The molecular weight excluding hydrogens is 266 g/mol. The van der Waals surface area contributed by atoms with Crippen LogP contribution in [0.2, 0.25) is 0 Å². The lowest BCUT2D eigenvalue weighted by atomic mass is 10.00. The molecule has 5 nitrogen and oxygen atoms in total. The Labute approximate surface area is 124 Å². The molecule has 0 aliphatic carbocycles. The average molecular weight is 287 g/mol. The number of benzene rings is 1. The summed E-state index contributed by atoms with van der Waals surface area (Å²) in [5.41, 5.74) is 2.54. The summed E-state index contributed by atoms with van der Waals surface area (Å²) >= 11 is 0. The van der Waals surface area contributed by atoms with E-state index in [9.17, 15) is 9.59 Å². The smallest absolute Gasteiger partial charge is 0.251 e. The van der Waals surface area contributed by atoms with E-state index in [-0.39, 0.29) is 11.8 Å². The number of amides is 2. The first kappa shape index (κ1) is 14.1. The first-order valence-corrected chi connectivity index (χ1v) is 7.67. The van der Waals surface area contributed by atoms with E-state index < -0.39 is 0 Å². The molecular formula is C16H21N3O2. The number of hydrogen-bond donors (Lipinski definition) is 3. The van der Waals surface area contributed by atoms with Gasteiger partial charge in [-0.3, -0.25) is 9.59 Å². The normalized spacial score (nSPS) is 20.8. The molecule has 112 valence electrons. The lowest BCUT2D eigenvalue weighted by molar-refractivity contribution is -0.116. The van der Waals surface area contributed by atoms with E-state index in [0.717, 1.165) is 24.2 Å². The number of nitrogens with one attached hydrogen (secondary N) is 3. The third-order valence-electron chi connectivity index (χ3n) is 4.20. The van der Waals surface area contributed by atoms with Gasteiger partial charge in [-0.25, -0.2) is 0 Å². The molecule has 0 unspecified atom stereocenters. The van der Waals surface area contributed by atoms with E-state index in [2.05, 4.69) is 16.0 Å². The van der Waals surface area contributed by atoms with Gasteiger partial charge in [0.05, 0.1) is 0 Å². The van der Waals surface area contributed by atoms with Gasteiger partial charge in [0.15, 0.2) is 0 Å². The fraction of sp³-hybridized carbons (Fsp3) is 0.500. The first-order valence-electron chi connectivity index (χ1n) is 7.67. The number of rotatable bonds is 4. The van der Waals surface area contributed by atoms with Gasteiger partial charge in [-0.1, -0.05) is 0 Å². The van der Waals surface area contributed by atoms with Crippen LogP contribution in [0.5, 0.6) is 0 Å². The van der Waals surface area contributed by atoms with Crippen molar-refractivity contribution >= 4 is 17.5 Å². The summed E-state index contributed by atoms with van der Waals surface area (Å²) < 4.78 is 0. The number of hydrogen-bond acceptors (Lipinski definition) is 3. The summed E-state index contributed by atoms with van der Waals surface area (Å²) in [5, 5.41) is 9.23. The van der Waals surface area contributed by atoms with Crippen molar-refractivity contribution in [3.05, 3.63) is 29.3 Å². The maximum atomic E-state index is 12.1. The SMILES string of the molecule is O=C1CCc2cc(C(=O)NCC[C@H]3CCCN3)ccc2N1. The predicted molar refractivity (Wildman–Crippen MR) is 81.4 cm³/mol.